The van der Waals surface area contributed by atoms with Crippen LogP contribution in [-0.4, -0.2) is 39.8 Å². The predicted molar refractivity (Wildman–Crippen MR) is 91.4 cm³/mol. The summed E-state index contributed by atoms with van der Waals surface area (Å²) in [5.41, 5.74) is 1.77. The second-order valence-corrected chi connectivity index (χ2v) is 7.77. The van der Waals surface area contributed by atoms with E-state index in [1.54, 1.807) is 7.05 Å². The summed E-state index contributed by atoms with van der Waals surface area (Å²) in [6.45, 7) is 6.76. The Balaban J connectivity index is 2.52. The fraction of sp³-hybridized carbons (Fsp3) is 0.533. The quantitative estimate of drug-likeness (QED) is 0.538. The van der Waals surface area contributed by atoms with Crippen LogP contribution < -0.4 is 15.4 Å². The number of guanidine groups is 1. The molecule has 7 heteroatoms. The third kappa shape index (κ3) is 7.42. The number of nitrogens with zero attached hydrogens (tertiary/aromatic N) is 1. The summed E-state index contributed by atoms with van der Waals surface area (Å²) in [5, 5.41) is 6.34. The van der Waals surface area contributed by atoms with Crippen LogP contribution in [0.25, 0.3) is 0 Å². The van der Waals surface area contributed by atoms with Crippen molar-refractivity contribution in [2.75, 3.05) is 19.8 Å². The zero-order valence-electron chi connectivity index (χ0n) is 13.9. The lowest BCUT2D eigenvalue weighted by Gasteiger charge is -2.26. The third-order valence-corrected chi connectivity index (χ3v) is 3.85. The van der Waals surface area contributed by atoms with Gasteiger partial charge in [-0.2, -0.15) is 0 Å². The summed E-state index contributed by atoms with van der Waals surface area (Å²) in [6.07, 6.45) is 1.15. The van der Waals surface area contributed by atoms with Crippen LogP contribution >= 0.6 is 0 Å². The molecule has 124 valence electrons. The van der Waals surface area contributed by atoms with Gasteiger partial charge in [0.25, 0.3) is 0 Å². The molecule has 3 N–H and O–H groups in total. The van der Waals surface area contributed by atoms with Crippen LogP contribution in [-0.2, 0) is 16.6 Å². The van der Waals surface area contributed by atoms with E-state index >= 15 is 0 Å². The minimum absolute atomic E-state index is 0.424. The Bertz CT molecular complexity index is 624. The zero-order chi connectivity index (χ0) is 16.8. The second-order valence-electron chi connectivity index (χ2n) is 6.03. The molecule has 0 aliphatic heterocycles. The molecular formula is C15H26N4O2S. The Morgan fingerprint density at radius 1 is 1.27 bits per heavy atom. The fourth-order valence-electron chi connectivity index (χ4n) is 2.07. The van der Waals surface area contributed by atoms with E-state index in [0.29, 0.717) is 19.0 Å². The number of aryl methyl sites for hydroxylation is 1. The van der Waals surface area contributed by atoms with Gasteiger partial charge in [0.05, 0.1) is 6.26 Å². The predicted octanol–water partition coefficient (Wildman–Crippen LogP) is 0.988. The highest BCUT2D eigenvalue weighted by Gasteiger charge is 2.22. The molecular weight excluding hydrogens is 300 g/mol. The Kier molecular flexibility index (Phi) is 6.37. The lowest BCUT2D eigenvalue weighted by Crippen LogP contribution is -2.52. The van der Waals surface area contributed by atoms with Gasteiger partial charge < -0.3 is 10.6 Å². The molecule has 1 rings (SSSR count). The van der Waals surface area contributed by atoms with Gasteiger partial charge in [-0.15, -0.1) is 0 Å². The molecule has 22 heavy (non-hydrogen) atoms. The number of nitrogens with one attached hydrogen (secondary N) is 3. The molecule has 0 spiro atoms. The van der Waals surface area contributed by atoms with Crippen LogP contribution in [0.15, 0.2) is 29.3 Å². The second kappa shape index (κ2) is 7.60. The van der Waals surface area contributed by atoms with Crippen molar-refractivity contribution < 1.29 is 8.42 Å². The van der Waals surface area contributed by atoms with Crippen LogP contribution in [0.4, 0.5) is 0 Å². The van der Waals surface area contributed by atoms with Crippen molar-refractivity contribution in [3.63, 3.8) is 0 Å². The normalized spacial score (nSPS) is 13.0. The van der Waals surface area contributed by atoms with Crippen LogP contribution in [0.5, 0.6) is 0 Å². The number of rotatable bonds is 6. The molecule has 0 amide bonds. The minimum Gasteiger partial charge on any atom is -0.355 e. The molecule has 1 aromatic rings. The number of sulfonamides is 1. The lowest BCUT2D eigenvalue weighted by molar-refractivity contribution is 0.446. The first-order valence-corrected chi connectivity index (χ1v) is 8.99. The van der Waals surface area contributed by atoms with Gasteiger partial charge in [-0.1, -0.05) is 29.8 Å². The van der Waals surface area contributed by atoms with Gasteiger partial charge in [0.1, 0.15) is 0 Å². The Morgan fingerprint density at radius 3 is 2.50 bits per heavy atom. The van der Waals surface area contributed by atoms with E-state index in [0.717, 1.165) is 11.8 Å². The molecule has 0 aliphatic carbocycles. The molecule has 0 saturated heterocycles. The van der Waals surface area contributed by atoms with E-state index in [9.17, 15) is 8.42 Å². The van der Waals surface area contributed by atoms with Crippen molar-refractivity contribution in [1.82, 2.24) is 15.4 Å². The number of hydrogen-bond donors (Lipinski definition) is 3. The Morgan fingerprint density at radius 2 is 1.95 bits per heavy atom. The van der Waals surface area contributed by atoms with Crippen LogP contribution in [0.3, 0.4) is 0 Å². The summed E-state index contributed by atoms with van der Waals surface area (Å²) in [5.74, 6) is 0.630. The van der Waals surface area contributed by atoms with Crippen molar-refractivity contribution in [2.24, 2.45) is 4.99 Å². The van der Waals surface area contributed by atoms with E-state index in [1.165, 1.54) is 5.56 Å². The highest BCUT2D eigenvalue weighted by Crippen LogP contribution is 2.04. The first-order valence-electron chi connectivity index (χ1n) is 7.10. The summed E-state index contributed by atoms with van der Waals surface area (Å²) in [6, 6.07) is 8.22. The van der Waals surface area contributed by atoms with E-state index in [1.807, 2.05) is 26.0 Å². The van der Waals surface area contributed by atoms with E-state index in [-0.39, 0.29) is 0 Å². The monoisotopic (exact) mass is 326 g/mol. The van der Waals surface area contributed by atoms with E-state index < -0.39 is 15.6 Å². The number of benzene rings is 1. The summed E-state index contributed by atoms with van der Waals surface area (Å²) >= 11 is 0. The number of aliphatic imine (C=N–C) groups is 1. The highest BCUT2D eigenvalue weighted by atomic mass is 32.2. The smallest absolute Gasteiger partial charge is 0.209 e. The average Bonchev–Trinajstić information content (AvgIpc) is 2.36. The van der Waals surface area contributed by atoms with Gasteiger partial charge in [-0.25, -0.2) is 13.1 Å². The first kappa shape index (κ1) is 18.4. The molecule has 0 heterocycles. The maximum atomic E-state index is 11.3. The molecule has 0 fully saturated rings. The van der Waals surface area contributed by atoms with Crippen LogP contribution in [0.1, 0.15) is 25.0 Å². The van der Waals surface area contributed by atoms with Crippen molar-refractivity contribution >= 4 is 16.0 Å². The van der Waals surface area contributed by atoms with Crippen molar-refractivity contribution in [1.29, 1.82) is 0 Å². The van der Waals surface area contributed by atoms with E-state index in [4.69, 9.17) is 0 Å². The number of hydrogen-bond acceptors (Lipinski definition) is 3. The fourth-order valence-corrected chi connectivity index (χ4v) is 3.15. The van der Waals surface area contributed by atoms with E-state index in [2.05, 4.69) is 39.4 Å². The van der Waals surface area contributed by atoms with Crippen molar-refractivity contribution in [2.45, 2.75) is 32.9 Å². The Labute approximate surface area is 133 Å². The molecule has 6 nitrogen and oxygen atoms in total. The van der Waals surface area contributed by atoms with Gasteiger partial charge >= 0.3 is 0 Å². The average molecular weight is 326 g/mol. The molecule has 0 bridgehead atoms. The van der Waals surface area contributed by atoms with Gasteiger partial charge in [-0.05, 0) is 26.3 Å². The summed E-state index contributed by atoms with van der Waals surface area (Å²) < 4.78 is 25.2. The largest absolute Gasteiger partial charge is 0.355 e. The topological polar surface area (TPSA) is 82.6 Å². The molecule has 0 aromatic heterocycles. The zero-order valence-corrected chi connectivity index (χ0v) is 14.7. The summed E-state index contributed by atoms with van der Waals surface area (Å²) in [7, 11) is -1.56. The molecule has 0 aliphatic rings. The van der Waals surface area contributed by atoms with Gasteiger partial charge in [0.15, 0.2) is 5.96 Å². The standard InChI is InChI=1S/C15H26N4O2S/c1-12-7-6-8-13(9-12)10-17-14(16-4)18-11-15(2,3)19-22(5,20)21/h6-9,19H,10-11H2,1-5H3,(H2,16,17,18). The first-order chi connectivity index (χ1) is 10.1. The lowest BCUT2D eigenvalue weighted by atomic mass is 10.1. The molecule has 1 aromatic carbocycles. The maximum Gasteiger partial charge on any atom is 0.209 e. The molecule has 0 unspecified atom stereocenters. The van der Waals surface area contributed by atoms with Crippen molar-refractivity contribution in [3.05, 3.63) is 35.4 Å². The van der Waals surface area contributed by atoms with Crippen LogP contribution in [0.2, 0.25) is 0 Å². The minimum atomic E-state index is -3.25. The van der Waals surface area contributed by atoms with Crippen LogP contribution in [0, 0.1) is 6.92 Å². The maximum absolute atomic E-state index is 11.3. The third-order valence-electron chi connectivity index (χ3n) is 2.93. The molecule has 0 saturated carbocycles. The van der Waals surface area contributed by atoms with Gasteiger partial charge in [-0.3, -0.25) is 4.99 Å². The summed E-state index contributed by atoms with van der Waals surface area (Å²) in [4.78, 5) is 4.14. The van der Waals surface area contributed by atoms with Gasteiger partial charge in [0, 0.05) is 25.7 Å². The van der Waals surface area contributed by atoms with Gasteiger partial charge in [0.2, 0.25) is 10.0 Å². The molecule has 0 radical (unpaired) electrons. The molecule has 0 atom stereocenters. The Hall–Kier alpha value is -1.60. The van der Waals surface area contributed by atoms with Crippen molar-refractivity contribution in [3.8, 4) is 0 Å². The SMILES string of the molecule is CN=C(NCc1cccc(C)c1)NCC(C)(C)NS(C)(=O)=O. The highest BCUT2D eigenvalue weighted by molar-refractivity contribution is 7.88.